The quantitative estimate of drug-likeness (QED) is 0.837. The largest absolute Gasteiger partial charge is 0.345 e. The van der Waals surface area contributed by atoms with Gasteiger partial charge in [0.2, 0.25) is 0 Å². The molecule has 1 atom stereocenters. The highest BCUT2D eigenvalue weighted by molar-refractivity contribution is 7.84. The minimum absolute atomic E-state index is 0.00336. The Labute approximate surface area is 123 Å². The molecule has 0 aromatic heterocycles. The summed E-state index contributed by atoms with van der Waals surface area (Å²) in [5.41, 5.74) is 1.73. The summed E-state index contributed by atoms with van der Waals surface area (Å²) in [4.78, 5) is 13.3. The van der Waals surface area contributed by atoms with Crippen molar-refractivity contribution < 1.29 is 9.00 Å². The van der Waals surface area contributed by atoms with Crippen LogP contribution < -0.4 is 0 Å². The molecule has 0 saturated heterocycles. The number of carbonyl (C=O) groups is 1. The van der Waals surface area contributed by atoms with Crippen LogP contribution in [0.25, 0.3) is 0 Å². The van der Waals surface area contributed by atoms with Gasteiger partial charge in [-0.25, -0.2) is 0 Å². The molecule has 110 valence electrons. The third-order valence-electron chi connectivity index (χ3n) is 3.83. The van der Waals surface area contributed by atoms with Crippen LogP contribution in [0.4, 0.5) is 0 Å². The Morgan fingerprint density at radius 2 is 1.80 bits per heavy atom. The smallest absolute Gasteiger partial charge is 0.253 e. The average Bonchev–Trinajstić information content (AvgIpc) is 2.91. The van der Waals surface area contributed by atoms with Crippen molar-refractivity contribution in [1.29, 1.82) is 0 Å². The van der Waals surface area contributed by atoms with E-state index in [0.717, 1.165) is 11.3 Å². The summed E-state index contributed by atoms with van der Waals surface area (Å²) in [5.74, 6) is 2.10. The van der Waals surface area contributed by atoms with Crippen LogP contribution in [0.1, 0.15) is 41.6 Å². The maximum absolute atomic E-state index is 12.1. The molecule has 1 amide bonds. The van der Waals surface area contributed by atoms with E-state index in [-0.39, 0.29) is 5.91 Å². The summed E-state index contributed by atoms with van der Waals surface area (Å²) < 4.78 is 12.1. The van der Waals surface area contributed by atoms with Crippen LogP contribution in [0.15, 0.2) is 24.3 Å². The minimum Gasteiger partial charge on any atom is -0.345 e. The first-order valence-electron chi connectivity index (χ1n) is 7.22. The topological polar surface area (TPSA) is 37.4 Å². The van der Waals surface area contributed by atoms with Crippen molar-refractivity contribution in [3.63, 3.8) is 0 Å². The lowest BCUT2D eigenvalue weighted by Gasteiger charge is -2.11. The van der Waals surface area contributed by atoms with E-state index in [0.29, 0.717) is 17.2 Å². The molecule has 4 heteroatoms. The lowest BCUT2D eigenvalue weighted by atomic mass is 10.1. The summed E-state index contributed by atoms with van der Waals surface area (Å²) in [5, 5.41) is 0. The summed E-state index contributed by atoms with van der Waals surface area (Å²) in [7, 11) is 2.70. The van der Waals surface area contributed by atoms with Gasteiger partial charge in [0.15, 0.2) is 0 Å². The molecule has 0 heterocycles. The predicted molar refractivity (Wildman–Crippen MR) is 83.1 cm³/mol. The molecule has 0 unspecified atom stereocenters. The molecule has 1 aliphatic carbocycles. The Hall–Kier alpha value is -1.16. The zero-order chi connectivity index (χ0) is 14.5. The molecule has 0 radical (unpaired) electrons. The van der Waals surface area contributed by atoms with E-state index < -0.39 is 10.8 Å². The van der Waals surface area contributed by atoms with Crippen molar-refractivity contribution in [1.82, 2.24) is 4.90 Å². The van der Waals surface area contributed by atoms with Crippen molar-refractivity contribution in [3.05, 3.63) is 35.4 Å². The fraction of sp³-hybridized carbons (Fsp3) is 0.562. The summed E-state index contributed by atoms with van der Waals surface area (Å²) >= 11 is 0. The lowest BCUT2D eigenvalue weighted by molar-refractivity contribution is 0.0827. The van der Waals surface area contributed by atoms with E-state index >= 15 is 0 Å². The van der Waals surface area contributed by atoms with E-state index in [9.17, 15) is 9.00 Å². The van der Waals surface area contributed by atoms with E-state index in [1.807, 2.05) is 24.3 Å². The zero-order valence-corrected chi connectivity index (χ0v) is 13.1. The van der Waals surface area contributed by atoms with Gasteiger partial charge in [0.1, 0.15) is 0 Å². The highest BCUT2D eigenvalue weighted by Gasteiger charge is 2.17. The summed E-state index contributed by atoms with van der Waals surface area (Å²) in [6.45, 7) is 0. The highest BCUT2D eigenvalue weighted by atomic mass is 32.2. The second kappa shape index (κ2) is 7.02. The van der Waals surface area contributed by atoms with Crippen LogP contribution in [-0.2, 0) is 16.6 Å². The standard InChI is InChI=1S/C16H23NO2S/c1-17(2)16(18)15-9-7-14(8-10-15)12-20(19)11-13-5-3-4-6-13/h7-10,13H,3-6,11-12H2,1-2H3/t20-/m1/s1. The normalized spacial score (nSPS) is 17.1. The van der Waals surface area contributed by atoms with E-state index in [1.165, 1.54) is 25.7 Å². The molecule has 1 fully saturated rings. The number of hydrogen-bond acceptors (Lipinski definition) is 2. The Kier molecular flexibility index (Phi) is 5.35. The van der Waals surface area contributed by atoms with Gasteiger partial charge in [-0.1, -0.05) is 25.0 Å². The second-order valence-corrected chi connectivity index (χ2v) is 7.30. The van der Waals surface area contributed by atoms with Crippen LogP contribution >= 0.6 is 0 Å². The van der Waals surface area contributed by atoms with Gasteiger partial charge in [0.25, 0.3) is 5.91 Å². The van der Waals surface area contributed by atoms with Gasteiger partial charge < -0.3 is 4.90 Å². The molecule has 0 N–H and O–H groups in total. The van der Waals surface area contributed by atoms with E-state index in [2.05, 4.69) is 0 Å². The Morgan fingerprint density at radius 3 is 2.35 bits per heavy atom. The molecule has 1 aromatic rings. The van der Waals surface area contributed by atoms with E-state index in [1.54, 1.807) is 19.0 Å². The van der Waals surface area contributed by atoms with Crippen LogP contribution in [0.3, 0.4) is 0 Å². The van der Waals surface area contributed by atoms with Gasteiger partial charge in [-0.3, -0.25) is 9.00 Å². The maximum Gasteiger partial charge on any atom is 0.253 e. The molecule has 0 spiro atoms. The summed E-state index contributed by atoms with van der Waals surface area (Å²) in [6, 6.07) is 7.49. The molecule has 20 heavy (non-hydrogen) atoms. The molecule has 1 saturated carbocycles. The Morgan fingerprint density at radius 1 is 1.20 bits per heavy atom. The van der Waals surface area contributed by atoms with Crippen LogP contribution in [0, 0.1) is 5.92 Å². The maximum atomic E-state index is 12.1. The van der Waals surface area contributed by atoms with Gasteiger partial charge in [-0.2, -0.15) is 0 Å². The van der Waals surface area contributed by atoms with Crippen molar-refractivity contribution in [3.8, 4) is 0 Å². The fourth-order valence-electron chi connectivity index (χ4n) is 2.69. The number of rotatable bonds is 5. The van der Waals surface area contributed by atoms with Crippen molar-refractivity contribution >= 4 is 16.7 Å². The number of amides is 1. The van der Waals surface area contributed by atoms with Gasteiger partial charge in [0.05, 0.1) is 0 Å². The Bertz CT molecular complexity index is 476. The molecule has 1 aliphatic rings. The van der Waals surface area contributed by atoms with Crippen LogP contribution in [-0.4, -0.2) is 34.9 Å². The first-order chi connectivity index (χ1) is 9.56. The van der Waals surface area contributed by atoms with Gasteiger partial charge in [0, 0.05) is 42.0 Å². The summed E-state index contributed by atoms with van der Waals surface area (Å²) in [6.07, 6.45) is 5.07. The van der Waals surface area contributed by atoms with Crippen LogP contribution in [0.2, 0.25) is 0 Å². The first kappa shape index (κ1) is 15.2. The molecule has 2 rings (SSSR count). The third kappa shape index (κ3) is 4.17. The number of benzene rings is 1. The van der Waals surface area contributed by atoms with Gasteiger partial charge >= 0.3 is 0 Å². The van der Waals surface area contributed by atoms with Crippen molar-refractivity contribution in [2.45, 2.75) is 31.4 Å². The van der Waals surface area contributed by atoms with Crippen molar-refractivity contribution in [2.24, 2.45) is 5.92 Å². The lowest BCUT2D eigenvalue weighted by Crippen LogP contribution is -2.21. The molecule has 0 aliphatic heterocycles. The van der Waals surface area contributed by atoms with Crippen LogP contribution in [0.5, 0.6) is 0 Å². The predicted octanol–water partition coefficient (Wildman–Crippen LogP) is 2.83. The highest BCUT2D eigenvalue weighted by Crippen LogP contribution is 2.25. The average molecular weight is 293 g/mol. The minimum atomic E-state index is -0.782. The number of hydrogen-bond donors (Lipinski definition) is 0. The third-order valence-corrected chi connectivity index (χ3v) is 5.33. The first-order valence-corrected chi connectivity index (χ1v) is 8.70. The Balaban J connectivity index is 1.89. The van der Waals surface area contributed by atoms with E-state index in [4.69, 9.17) is 0 Å². The molecule has 3 nitrogen and oxygen atoms in total. The van der Waals surface area contributed by atoms with Crippen molar-refractivity contribution in [2.75, 3.05) is 19.8 Å². The van der Waals surface area contributed by atoms with Gasteiger partial charge in [-0.05, 0) is 36.5 Å². The molecular weight excluding hydrogens is 270 g/mol. The fourth-order valence-corrected chi connectivity index (χ4v) is 4.23. The molecule has 0 bridgehead atoms. The number of nitrogens with zero attached hydrogens (tertiary/aromatic N) is 1. The number of carbonyl (C=O) groups excluding carboxylic acids is 1. The second-order valence-electron chi connectivity index (χ2n) is 5.80. The zero-order valence-electron chi connectivity index (χ0n) is 12.3. The molecule has 1 aromatic carbocycles. The van der Waals surface area contributed by atoms with Gasteiger partial charge in [-0.15, -0.1) is 0 Å². The SMILES string of the molecule is CN(C)C(=O)c1ccc(C[S@](=O)CC2CCCC2)cc1. The molecular formula is C16H23NO2S. The monoisotopic (exact) mass is 293 g/mol.